The molecule has 0 bridgehead atoms. The lowest BCUT2D eigenvalue weighted by Gasteiger charge is -2.12. The van der Waals surface area contributed by atoms with Crippen LogP contribution in [0, 0.1) is 5.82 Å². The molecule has 2 rings (SSSR count). The van der Waals surface area contributed by atoms with Crippen LogP contribution in [-0.4, -0.2) is 0 Å². The van der Waals surface area contributed by atoms with E-state index in [4.69, 9.17) is 22.1 Å². The second-order valence-corrected chi connectivity index (χ2v) is 5.41. The summed E-state index contributed by atoms with van der Waals surface area (Å²) in [5.74, 6) is 0.610. The Morgan fingerprint density at radius 2 is 2.00 bits per heavy atom. The highest BCUT2D eigenvalue weighted by molar-refractivity contribution is 9.10. The summed E-state index contributed by atoms with van der Waals surface area (Å²) in [6.07, 6.45) is 0. The van der Waals surface area contributed by atoms with Crippen molar-refractivity contribution in [3.8, 4) is 11.5 Å². The van der Waals surface area contributed by atoms with Crippen molar-refractivity contribution in [3.63, 3.8) is 0 Å². The van der Waals surface area contributed by atoms with Gasteiger partial charge in [0.05, 0.1) is 5.02 Å². The van der Waals surface area contributed by atoms with Crippen molar-refractivity contribution < 1.29 is 9.13 Å². The van der Waals surface area contributed by atoms with Gasteiger partial charge in [-0.3, -0.25) is 0 Å². The molecule has 0 heterocycles. The molecule has 2 aromatic rings. The Morgan fingerprint density at radius 3 is 2.58 bits per heavy atom. The fourth-order valence-electron chi connectivity index (χ4n) is 1.63. The van der Waals surface area contributed by atoms with Crippen molar-refractivity contribution in [2.75, 3.05) is 0 Å². The summed E-state index contributed by atoms with van der Waals surface area (Å²) in [7, 11) is 0. The molecule has 0 spiro atoms. The smallest absolute Gasteiger partial charge is 0.146 e. The standard InChI is InChI=1S/C14H12BrClFNO/c1-8(18)11-4-3-10(7-12(11)15)19-14-5-2-9(17)6-13(14)16/h2-8H,18H2,1H3. The Bertz CT molecular complexity index is 604. The second-order valence-electron chi connectivity index (χ2n) is 4.15. The molecule has 0 radical (unpaired) electrons. The number of hydrogen-bond acceptors (Lipinski definition) is 2. The van der Waals surface area contributed by atoms with Crippen LogP contribution >= 0.6 is 27.5 Å². The molecule has 0 aliphatic rings. The average molecular weight is 345 g/mol. The average Bonchev–Trinajstić information content (AvgIpc) is 2.32. The van der Waals surface area contributed by atoms with Gasteiger partial charge in [0.15, 0.2) is 0 Å². The van der Waals surface area contributed by atoms with Gasteiger partial charge in [-0.25, -0.2) is 4.39 Å². The summed E-state index contributed by atoms with van der Waals surface area (Å²) in [4.78, 5) is 0. The third kappa shape index (κ3) is 3.47. The number of hydrogen-bond donors (Lipinski definition) is 1. The van der Waals surface area contributed by atoms with Crippen molar-refractivity contribution in [1.29, 1.82) is 0 Å². The minimum absolute atomic E-state index is 0.0714. The fourth-order valence-corrected chi connectivity index (χ4v) is 2.55. The van der Waals surface area contributed by atoms with Crippen LogP contribution in [0.3, 0.4) is 0 Å². The van der Waals surface area contributed by atoms with Gasteiger partial charge >= 0.3 is 0 Å². The van der Waals surface area contributed by atoms with Crippen molar-refractivity contribution in [3.05, 3.63) is 57.3 Å². The summed E-state index contributed by atoms with van der Waals surface area (Å²) in [5.41, 5.74) is 6.81. The molecule has 0 saturated heterocycles. The lowest BCUT2D eigenvalue weighted by atomic mass is 10.1. The molecule has 2 N–H and O–H groups in total. The first-order valence-electron chi connectivity index (χ1n) is 5.65. The van der Waals surface area contributed by atoms with Gasteiger partial charge in [0.2, 0.25) is 0 Å². The van der Waals surface area contributed by atoms with Gasteiger partial charge in [-0.05, 0) is 42.8 Å². The Kier molecular flexibility index (Phi) is 4.45. The predicted molar refractivity (Wildman–Crippen MR) is 78.2 cm³/mol. The molecule has 0 fully saturated rings. The van der Waals surface area contributed by atoms with Crippen LogP contribution in [0.15, 0.2) is 40.9 Å². The Morgan fingerprint density at radius 1 is 1.26 bits per heavy atom. The maximum atomic E-state index is 12.9. The monoisotopic (exact) mass is 343 g/mol. The van der Waals surface area contributed by atoms with E-state index in [9.17, 15) is 4.39 Å². The summed E-state index contributed by atoms with van der Waals surface area (Å²) < 4.78 is 19.4. The van der Waals surface area contributed by atoms with Crippen LogP contribution in [0.1, 0.15) is 18.5 Å². The lowest BCUT2D eigenvalue weighted by molar-refractivity contribution is 0.480. The lowest BCUT2D eigenvalue weighted by Crippen LogP contribution is -2.05. The van der Waals surface area contributed by atoms with Crippen molar-refractivity contribution in [1.82, 2.24) is 0 Å². The summed E-state index contributed by atoms with van der Waals surface area (Å²) in [6, 6.07) is 9.40. The number of benzene rings is 2. The zero-order valence-corrected chi connectivity index (χ0v) is 12.5. The molecular formula is C14H12BrClFNO. The zero-order chi connectivity index (χ0) is 14.0. The Hall–Kier alpha value is -1.10. The third-order valence-corrected chi connectivity index (χ3v) is 3.57. The maximum Gasteiger partial charge on any atom is 0.146 e. The van der Waals surface area contributed by atoms with E-state index in [0.717, 1.165) is 10.0 Å². The largest absolute Gasteiger partial charge is 0.456 e. The molecular weight excluding hydrogens is 333 g/mol. The minimum atomic E-state index is -0.397. The van der Waals surface area contributed by atoms with E-state index >= 15 is 0 Å². The van der Waals surface area contributed by atoms with Crippen molar-refractivity contribution in [2.24, 2.45) is 5.73 Å². The third-order valence-electron chi connectivity index (χ3n) is 2.58. The number of nitrogens with two attached hydrogens (primary N) is 1. The molecule has 0 aliphatic carbocycles. The van der Waals surface area contributed by atoms with Gasteiger partial charge in [-0.1, -0.05) is 33.6 Å². The van der Waals surface area contributed by atoms with Crippen LogP contribution in [0.25, 0.3) is 0 Å². The zero-order valence-electron chi connectivity index (χ0n) is 10.2. The van der Waals surface area contributed by atoms with Gasteiger partial charge in [0, 0.05) is 10.5 Å². The topological polar surface area (TPSA) is 35.2 Å². The van der Waals surface area contributed by atoms with Crippen molar-refractivity contribution in [2.45, 2.75) is 13.0 Å². The van der Waals surface area contributed by atoms with E-state index in [1.54, 1.807) is 12.1 Å². The van der Waals surface area contributed by atoms with Crippen LogP contribution < -0.4 is 10.5 Å². The molecule has 0 aliphatic heterocycles. The summed E-state index contributed by atoms with van der Waals surface area (Å²) in [5, 5.41) is 0.229. The quantitative estimate of drug-likeness (QED) is 0.845. The highest BCUT2D eigenvalue weighted by atomic mass is 79.9. The molecule has 100 valence electrons. The Balaban J connectivity index is 2.26. The molecule has 2 aromatic carbocycles. The predicted octanol–water partition coefficient (Wildman–Crippen LogP) is 5.05. The van der Waals surface area contributed by atoms with E-state index in [1.165, 1.54) is 18.2 Å². The fraction of sp³-hybridized carbons (Fsp3) is 0.143. The maximum absolute atomic E-state index is 12.9. The SMILES string of the molecule is CC(N)c1ccc(Oc2ccc(F)cc2Cl)cc1Br. The Labute approximate surface area is 124 Å². The first kappa shape index (κ1) is 14.3. The molecule has 5 heteroatoms. The molecule has 0 aromatic heterocycles. The van der Waals surface area contributed by atoms with Crippen LogP contribution in [-0.2, 0) is 0 Å². The number of ether oxygens (including phenoxy) is 1. The summed E-state index contributed by atoms with van der Waals surface area (Å²) in [6.45, 7) is 1.90. The van der Waals surface area contributed by atoms with E-state index in [2.05, 4.69) is 15.9 Å². The van der Waals surface area contributed by atoms with Gasteiger partial charge in [-0.15, -0.1) is 0 Å². The minimum Gasteiger partial charge on any atom is -0.456 e. The van der Waals surface area contributed by atoms with E-state index in [-0.39, 0.29) is 11.1 Å². The number of rotatable bonds is 3. The normalized spacial score (nSPS) is 12.3. The highest BCUT2D eigenvalue weighted by Gasteiger charge is 2.08. The second kappa shape index (κ2) is 5.90. The van der Waals surface area contributed by atoms with Crippen LogP contribution in [0.5, 0.6) is 11.5 Å². The molecule has 0 amide bonds. The first-order chi connectivity index (χ1) is 8.97. The van der Waals surface area contributed by atoms with E-state index in [0.29, 0.717) is 11.5 Å². The van der Waals surface area contributed by atoms with Gasteiger partial charge in [-0.2, -0.15) is 0 Å². The van der Waals surface area contributed by atoms with Crippen LogP contribution in [0.2, 0.25) is 5.02 Å². The number of halogens is 3. The molecule has 0 saturated carbocycles. The molecule has 1 atom stereocenters. The van der Waals surface area contributed by atoms with Crippen LogP contribution in [0.4, 0.5) is 4.39 Å². The van der Waals surface area contributed by atoms with E-state index in [1.807, 2.05) is 13.0 Å². The highest BCUT2D eigenvalue weighted by Crippen LogP contribution is 2.33. The summed E-state index contributed by atoms with van der Waals surface area (Å²) >= 11 is 9.34. The molecule has 2 nitrogen and oxygen atoms in total. The first-order valence-corrected chi connectivity index (χ1v) is 6.82. The molecule has 19 heavy (non-hydrogen) atoms. The van der Waals surface area contributed by atoms with Crippen molar-refractivity contribution >= 4 is 27.5 Å². The van der Waals surface area contributed by atoms with Gasteiger partial charge in [0.1, 0.15) is 17.3 Å². The molecule has 1 unspecified atom stereocenters. The van der Waals surface area contributed by atoms with Gasteiger partial charge < -0.3 is 10.5 Å². The van der Waals surface area contributed by atoms with E-state index < -0.39 is 5.82 Å². The van der Waals surface area contributed by atoms with Gasteiger partial charge in [0.25, 0.3) is 0 Å².